The Bertz CT molecular complexity index is 744. The summed E-state index contributed by atoms with van der Waals surface area (Å²) in [5, 5.41) is 10.0. The third-order valence-corrected chi connectivity index (χ3v) is 4.20. The van der Waals surface area contributed by atoms with E-state index in [1.54, 1.807) is 19.6 Å². The number of carbonyl (C=O) groups is 1. The molecule has 0 saturated carbocycles. The SMILES string of the molecule is [B]OCCOC(=O)c1cc(C(C)(C)c2ccc(O[B]C)cc2)ccc1O. The Morgan fingerprint density at radius 3 is 2.38 bits per heavy atom. The van der Waals surface area contributed by atoms with Crippen LogP contribution in [0.1, 0.15) is 35.3 Å². The summed E-state index contributed by atoms with van der Waals surface area (Å²) in [6, 6.07) is 12.7. The van der Waals surface area contributed by atoms with E-state index in [1.807, 2.05) is 44.9 Å². The first-order valence-corrected chi connectivity index (χ1v) is 8.27. The van der Waals surface area contributed by atoms with Gasteiger partial charge in [-0.25, -0.2) is 4.79 Å². The molecule has 26 heavy (non-hydrogen) atoms. The Morgan fingerprint density at radius 2 is 1.77 bits per heavy atom. The molecule has 1 N–H and O–H groups in total. The van der Waals surface area contributed by atoms with Crippen molar-refractivity contribution in [2.75, 3.05) is 13.2 Å². The highest BCUT2D eigenvalue weighted by molar-refractivity contribution is 6.26. The van der Waals surface area contributed by atoms with Gasteiger partial charge < -0.3 is 19.2 Å². The van der Waals surface area contributed by atoms with E-state index in [1.165, 1.54) is 6.07 Å². The molecule has 0 aliphatic rings. The normalized spacial score (nSPS) is 11.0. The predicted octanol–water partition coefficient (Wildman–Crippen LogP) is 3.02. The number of hydrogen-bond acceptors (Lipinski definition) is 5. The van der Waals surface area contributed by atoms with Gasteiger partial charge in [0.2, 0.25) is 0 Å². The summed E-state index contributed by atoms with van der Waals surface area (Å²) >= 11 is 0. The van der Waals surface area contributed by atoms with Crippen molar-refractivity contribution < 1.29 is 23.9 Å². The zero-order chi connectivity index (χ0) is 19.2. The van der Waals surface area contributed by atoms with Gasteiger partial charge in [-0.3, -0.25) is 0 Å². The Kier molecular flexibility index (Phi) is 6.75. The minimum Gasteiger partial charge on any atom is -0.564 e. The molecule has 0 bridgehead atoms. The van der Waals surface area contributed by atoms with E-state index in [2.05, 4.69) is 4.65 Å². The third-order valence-electron chi connectivity index (χ3n) is 4.20. The molecule has 0 aliphatic heterocycles. The Hall–Kier alpha value is -2.40. The Balaban J connectivity index is 2.28. The summed E-state index contributed by atoms with van der Waals surface area (Å²) < 4.78 is 14.8. The van der Waals surface area contributed by atoms with Crippen molar-refractivity contribution in [3.8, 4) is 11.5 Å². The van der Waals surface area contributed by atoms with Gasteiger partial charge in [-0.2, -0.15) is 0 Å². The zero-order valence-electron chi connectivity index (χ0n) is 15.2. The van der Waals surface area contributed by atoms with Gasteiger partial charge in [-0.1, -0.05) is 38.9 Å². The molecule has 133 valence electrons. The molecule has 2 rings (SSSR count). The minimum absolute atomic E-state index is 0.0122. The van der Waals surface area contributed by atoms with Gasteiger partial charge in [0.15, 0.2) is 0 Å². The molecule has 0 unspecified atom stereocenters. The fourth-order valence-electron chi connectivity index (χ4n) is 2.60. The van der Waals surface area contributed by atoms with Crippen LogP contribution >= 0.6 is 0 Å². The van der Waals surface area contributed by atoms with E-state index in [9.17, 15) is 9.90 Å². The van der Waals surface area contributed by atoms with Crippen LogP contribution in [0.3, 0.4) is 0 Å². The highest BCUT2D eigenvalue weighted by atomic mass is 16.5. The van der Waals surface area contributed by atoms with Gasteiger partial charge in [0.1, 0.15) is 17.9 Å². The van der Waals surface area contributed by atoms with Crippen LogP contribution in [0.25, 0.3) is 0 Å². The van der Waals surface area contributed by atoms with Crippen LogP contribution in [0, 0.1) is 0 Å². The van der Waals surface area contributed by atoms with Crippen LogP contribution < -0.4 is 4.65 Å². The smallest absolute Gasteiger partial charge is 0.366 e. The summed E-state index contributed by atoms with van der Waals surface area (Å²) in [6.45, 7) is 5.99. The van der Waals surface area contributed by atoms with Crippen molar-refractivity contribution in [3.05, 3.63) is 59.2 Å². The molecular weight excluding hydrogens is 330 g/mol. The fourth-order valence-corrected chi connectivity index (χ4v) is 2.60. The molecule has 0 fully saturated rings. The van der Waals surface area contributed by atoms with E-state index < -0.39 is 11.4 Å². The van der Waals surface area contributed by atoms with Crippen molar-refractivity contribution in [1.29, 1.82) is 0 Å². The van der Waals surface area contributed by atoms with Gasteiger partial charge in [-0.15, -0.1) is 0 Å². The summed E-state index contributed by atoms with van der Waals surface area (Å²) in [7, 11) is 6.53. The van der Waals surface area contributed by atoms with E-state index in [4.69, 9.17) is 17.4 Å². The Morgan fingerprint density at radius 1 is 1.12 bits per heavy atom. The molecule has 5 nitrogen and oxygen atoms in total. The van der Waals surface area contributed by atoms with Crippen molar-refractivity contribution >= 4 is 21.5 Å². The van der Waals surface area contributed by atoms with Gasteiger partial charge in [0, 0.05) is 5.41 Å². The molecule has 0 heterocycles. The van der Waals surface area contributed by atoms with Gasteiger partial charge >= 0.3 is 13.5 Å². The maximum Gasteiger partial charge on any atom is 0.366 e. The van der Waals surface area contributed by atoms with Gasteiger partial charge in [0.05, 0.1) is 12.4 Å². The highest BCUT2D eigenvalue weighted by Crippen LogP contribution is 2.34. The number of rotatable bonds is 8. The number of carbonyl (C=O) groups excluding carboxylic acids is 1. The van der Waals surface area contributed by atoms with E-state index in [0.29, 0.717) is 0 Å². The van der Waals surface area contributed by atoms with Crippen LogP contribution in [0.2, 0.25) is 6.82 Å². The minimum atomic E-state index is -0.626. The molecule has 0 amide bonds. The van der Waals surface area contributed by atoms with E-state index >= 15 is 0 Å². The molecule has 0 atom stereocenters. The summed E-state index contributed by atoms with van der Waals surface area (Å²) in [5.41, 5.74) is 1.63. The first kappa shape index (κ1) is 19.9. The number of esters is 1. The molecule has 2 aromatic carbocycles. The second-order valence-electron chi connectivity index (χ2n) is 6.24. The standard InChI is InChI=1S/C19H21B2O5/c1-19(2,13-4-7-15(8-5-13)26-21-3)14-6-9-17(22)16(12-14)18(23)24-10-11-25-20/h4-9,12,22H,10-11H2,1-3H3. The lowest BCUT2D eigenvalue weighted by Crippen LogP contribution is -2.20. The van der Waals surface area contributed by atoms with Gasteiger partial charge in [-0.05, 0) is 35.4 Å². The predicted molar refractivity (Wildman–Crippen MR) is 101 cm³/mol. The third kappa shape index (κ3) is 4.61. The quantitative estimate of drug-likeness (QED) is 0.450. The maximum absolute atomic E-state index is 12.2. The lowest BCUT2D eigenvalue weighted by molar-refractivity contribution is 0.0452. The summed E-state index contributed by atoms with van der Waals surface area (Å²) in [4.78, 5) is 12.2. The number of phenols is 1. The lowest BCUT2D eigenvalue weighted by Gasteiger charge is -2.27. The van der Waals surface area contributed by atoms with Crippen LogP contribution in [0.15, 0.2) is 42.5 Å². The van der Waals surface area contributed by atoms with Crippen LogP contribution in [0.5, 0.6) is 11.5 Å². The van der Waals surface area contributed by atoms with E-state index in [-0.39, 0.29) is 24.5 Å². The van der Waals surface area contributed by atoms with Crippen LogP contribution in [0.4, 0.5) is 0 Å². The van der Waals surface area contributed by atoms with Crippen molar-refractivity contribution in [2.45, 2.75) is 26.1 Å². The zero-order valence-corrected chi connectivity index (χ0v) is 15.2. The summed E-state index contributed by atoms with van der Waals surface area (Å²) in [5.74, 6) is -0.00553. The van der Waals surface area contributed by atoms with Crippen molar-refractivity contribution in [2.24, 2.45) is 0 Å². The average Bonchev–Trinajstić information content (AvgIpc) is 2.63. The van der Waals surface area contributed by atoms with Gasteiger partial charge in [0.25, 0.3) is 8.05 Å². The fraction of sp³-hybridized carbons (Fsp3) is 0.316. The molecule has 0 spiro atoms. The number of phenolic OH excluding ortho intramolecular Hbond substituents is 1. The lowest BCUT2D eigenvalue weighted by atomic mass is 9.77. The second kappa shape index (κ2) is 8.81. The molecule has 2 aromatic rings. The molecule has 7 heteroatoms. The molecule has 0 saturated heterocycles. The number of benzene rings is 2. The number of ether oxygens (including phenoxy) is 1. The number of hydrogen-bond donors (Lipinski definition) is 1. The summed E-state index contributed by atoms with van der Waals surface area (Å²) in [6.07, 6.45) is 0. The number of aromatic hydroxyl groups is 1. The molecular formula is C19H21B2O5. The monoisotopic (exact) mass is 351 g/mol. The van der Waals surface area contributed by atoms with Crippen LogP contribution in [-0.4, -0.2) is 39.8 Å². The first-order valence-electron chi connectivity index (χ1n) is 8.27. The van der Waals surface area contributed by atoms with E-state index in [0.717, 1.165) is 16.9 Å². The molecule has 0 aliphatic carbocycles. The van der Waals surface area contributed by atoms with Crippen molar-refractivity contribution in [3.63, 3.8) is 0 Å². The highest BCUT2D eigenvalue weighted by Gasteiger charge is 2.25. The largest absolute Gasteiger partial charge is 0.564 e. The first-order chi connectivity index (χ1) is 12.4. The van der Waals surface area contributed by atoms with Crippen molar-refractivity contribution in [1.82, 2.24) is 0 Å². The molecule has 0 aromatic heterocycles. The second-order valence-corrected chi connectivity index (χ2v) is 6.24. The van der Waals surface area contributed by atoms with Crippen LogP contribution in [-0.2, 0) is 14.8 Å². The topological polar surface area (TPSA) is 65.0 Å². The average molecular weight is 351 g/mol. The Labute approximate surface area is 156 Å². The maximum atomic E-state index is 12.2. The molecule has 3 radical (unpaired) electrons.